The zero-order chi connectivity index (χ0) is 13.1. The zero-order valence-electron chi connectivity index (χ0n) is 9.90. The highest BCUT2D eigenvalue weighted by Gasteiger charge is 2.26. The van der Waals surface area contributed by atoms with Crippen LogP contribution >= 0.6 is 15.9 Å². The fourth-order valence-electron chi connectivity index (χ4n) is 2.41. The number of hydrogen-bond acceptors (Lipinski definition) is 2. The van der Waals surface area contributed by atoms with E-state index in [0.717, 1.165) is 24.9 Å². The standard InChI is InChI=1S/C13H15BrFNO2/c14-11-4-3-9(6-12(11)15)8-16-5-1-2-10(16)7-13(17)18/h3-4,6,10H,1-2,5,7-8H2,(H,17,18). The monoisotopic (exact) mass is 315 g/mol. The minimum Gasteiger partial charge on any atom is -0.481 e. The van der Waals surface area contributed by atoms with Crippen LogP contribution in [0.1, 0.15) is 24.8 Å². The molecule has 98 valence electrons. The molecule has 0 saturated carbocycles. The molecule has 1 unspecified atom stereocenters. The summed E-state index contributed by atoms with van der Waals surface area (Å²) in [6, 6.07) is 5.13. The molecule has 2 rings (SSSR count). The summed E-state index contributed by atoms with van der Waals surface area (Å²) in [5, 5.41) is 8.85. The molecule has 0 aliphatic carbocycles. The van der Waals surface area contributed by atoms with Crippen molar-refractivity contribution in [3.8, 4) is 0 Å². The second-order valence-electron chi connectivity index (χ2n) is 4.61. The summed E-state index contributed by atoms with van der Waals surface area (Å²) in [4.78, 5) is 12.9. The van der Waals surface area contributed by atoms with Crippen LogP contribution < -0.4 is 0 Å². The number of hydrogen-bond donors (Lipinski definition) is 1. The quantitative estimate of drug-likeness (QED) is 0.928. The molecule has 1 N–H and O–H groups in total. The molecule has 0 aromatic heterocycles. The van der Waals surface area contributed by atoms with Crippen molar-refractivity contribution in [2.45, 2.75) is 31.8 Å². The first kappa shape index (κ1) is 13.5. The van der Waals surface area contributed by atoms with Gasteiger partial charge in [0.05, 0.1) is 10.9 Å². The van der Waals surface area contributed by atoms with Crippen molar-refractivity contribution in [2.24, 2.45) is 0 Å². The number of rotatable bonds is 4. The predicted octanol–water partition coefficient (Wildman–Crippen LogP) is 3.03. The Morgan fingerprint density at radius 2 is 2.33 bits per heavy atom. The fourth-order valence-corrected chi connectivity index (χ4v) is 2.66. The molecule has 0 bridgehead atoms. The van der Waals surface area contributed by atoms with Crippen molar-refractivity contribution in [1.29, 1.82) is 0 Å². The SMILES string of the molecule is O=C(O)CC1CCCN1Cc1ccc(Br)c(F)c1. The summed E-state index contributed by atoms with van der Waals surface area (Å²) < 4.78 is 13.9. The Labute approximate surface area is 114 Å². The number of carboxylic acids is 1. The van der Waals surface area contributed by atoms with Crippen LogP contribution in [-0.2, 0) is 11.3 Å². The Kier molecular flexibility index (Phi) is 4.35. The van der Waals surface area contributed by atoms with Crippen molar-refractivity contribution in [1.82, 2.24) is 4.90 Å². The topological polar surface area (TPSA) is 40.5 Å². The van der Waals surface area contributed by atoms with Crippen LogP contribution in [0.2, 0.25) is 0 Å². The molecule has 18 heavy (non-hydrogen) atoms. The summed E-state index contributed by atoms with van der Waals surface area (Å²) in [6.45, 7) is 1.50. The smallest absolute Gasteiger partial charge is 0.304 e. The maximum atomic E-state index is 13.4. The van der Waals surface area contributed by atoms with Gasteiger partial charge >= 0.3 is 5.97 Å². The average molecular weight is 316 g/mol. The number of carboxylic acid groups (broad SMARTS) is 1. The average Bonchev–Trinajstić information content (AvgIpc) is 2.70. The first-order chi connectivity index (χ1) is 8.56. The number of halogens is 2. The summed E-state index contributed by atoms with van der Waals surface area (Å²) >= 11 is 3.12. The van der Waals surface area contributed by atoms with Gasteiger partial charge in [-0.15, -0.1) is 0 Å². The Balaban J connectivity index is 2.03. The molecular formula is C13H15BrFNO2. The van der Waals surface area contributed by atoms with Crippen LogP contribution in [-0.4, -0.2) is 28.6 Å². The van der Waals surface area contributed by atoms with Crippen LogP contribution in [0.5, 0.6) is 0 Å². The van der Waals surface area contributed by atoms with E-state index in [1.807, 2.05) is 6.07 Å². The van der Waals surface area contributed by atoms with Crippen LogP contribution in [0.4, 0.5) is 4.39 Å². The lowest BCUT2D eigenvalue weighted by Crippen LogP contribution is -2.30. The van der Waals surface area contributed by atoms with E-state index in [1.54, 1.807) is 6.07 Å². The highest BCUT2D eigenvalue weighted by molar-refractivity contribution is 9.10. The summed E-state index contributed by atoms with van der Waals surface area (Å²) in [7, 11) is 0. The highest BCUT2D eigenvalue weighted by atomic mass is 79.9. The number of likely N-dealkylation sites (tertiary alicyclic amines) is 1. The fraction of sp³-hybridized carbons (Fsp3) is 0.462. The van der Waals surface area contributed by atoms with Gasteiger partial charge in [-0.05, 0) is 53.0 Å². The Bertz CT molecular complexity index is 453. The molecule has 0 spiro atoms. The molecule has 1 atom stereocenters. The number of carbonyl (C=O) groups is 1. The maximum Gasteiger partial charge on any atom is 0.304 e. The van der Waals surface area contributed by atoms with E-state index < -0.39 is 5.97 Å². The maximum absolute atomic E-state index is 13.4. The van der Waals surface area contributed by atoms with Gasteiger partial charge in [0.25, 0.3) is 0 Å². The minimum atomic E-state index is -0.770. The normalized spacial score (nSPS) is 20.2. The largest absolute Gasteiger partial charge is 0.481 e. The Hall–Kier alpha value is -0.940. The van der Waals surface area contributed by atoms with Crippen molar-refractivity contribution in [3.05, 3.63) is 34.1 Å². The molecule has 5 heteroatoms. The van der Waals surface area contributed by atoms with Crippen molar-refractivity contribution >= 4 is 21.9 Å². The van der Waals surface area contributed by atoms with Gasteiger partial charge in [-0.25, -0.2) is 4.39 Å². The molecule has 1 saturated heterocycles. The third-order valence-electron chi connectivity index (χ3n) is 3.28. The zero-order valence-corrected chi connectivity index (χ0v) is 11.5. The molecule has 1 aromatic carbocycles. The molecular weight excluding hydrogens is 301 g/mol. The third kappa shape index (κ3) is 3.29. The van der Waals surface area contributed by atoms with Crippen molar-refractivity contribution in [2.75, 3.05) is 6.54 Å². The number of aliphatic carboxylic acids is 1. The van der Waals surface area contributed by atoms with Crippen LogP contribution in [0.15, 0.2) is 22.7 Å². The summed E-state index contributed by atoms with van der Waals surface area (Å²) in [5.41, 5.74) is 0.882. The first-order valence-electron chi connectivity index (χ1n) is 5.96. The van der Waals surface area contributed by atoms with Gasteiger partial charge in [-0.3, -0.25) is 9.69 Å². The van der Waals surface area contributed by atoms with E-state index in [2.05, 4.69) is 20.8 Å². The minimum absolute atomic E-state index is 0.0780. The van der Waals surface area contributed by atoms with Crippen molar-refractivity contribution < 1.29 is 14.3 Å². The van der Waals surface area contributed by atoms with Gasteiger partial charge in [0.1, 0.15) is 5.82 Å². The van der Waals surface area contributed by atoms with E-state index in [1.165, 1.54) is 6.07 Å². The molecule has 0 amide bonds. The lowest BCUT2D eigenvalue weighted by molar-refractivity contribution is -0.138. The molecule has 1 fully saturated rings. The van der Waals surface area contributed by atoms with Gasteiger partial charge in [-0.1, -0.05) is 6.07 Å². The lowest BCUT2D eigenvalue weighted by atomic mass is 10.1. The predicted molar refractivity (Wildman–Crippen MR) is 69.8 cm³/mol. The van der Waals surface area contributed by atoms with E-state index in [-0.39, 0.29) is 18.3 Å². The molecule has 1 aliphatic heterocycles. The molecule has 1 aromatic rings. The lowest BCUT2D eigenvalue weighted by Gasteiger charge is -2.23. The molecule has 1 aliphatic rings. The second kappa shape index (κ2) is 5.80. The van der Waals surface area contributed by atoms with E-state index in [0.29, 0.717) is 11.0 Å². The van der Waals surface area contributed by atoms with Gasteiger partial charge in [-0.2, -0.15) is 0 Å². The van der Waals surface area contributed by atoms with E-state index in [9.17, 15) is 9.18 Å². The number of nitrogens with zero attached hydrogens (tertiary/aromatic N) is 1. The Morgan fingerprint density at radius 3 is 3.00 bits per heavy atom. The summed E-state index contributed by atoms with van der Waals surface area (Å²) in [5.74, 6) is -1.05. The molecule has 1 heterocycles. The van der Waals surface area contributed by atoms with Crippen LogP contribution in [0, 0.1) is 5.82 Å². The van der Waals surface area contributed by atoms with Crippen LogP contribution in [0.25, 0.3) is 0 Å². The molecule has 3 nitrogen and oxygen atoms in total. The van der Waals surface area contributed by atoms with Gasteiger partial charge in [0.15, 0.2) is 0 Å². The summed E-state index contributed by atoms with van der Waals surface area (Å²) in [6.07, 6.45) is 2.08. The van der Waals surface area contributed by atoms with Gasteiger partial charge in [0, 0.05) is 12.6 Å². The van der Waals surface area contributed by atoms with Crippen molar-refractivity contribution in [3.63, 3.8) is 0 Å². The Morgan fingerprint density at radius 1 is 1.56 bits per heavy atom. The molecule has 0 radical (unpaired) electrons. The second-order valence-corrected chi connectivity index (χ2v) is 5.47. The van der Waals surface area contributed by atoms with E-state index >= 15 is 0 Å². The van der Waals surface area contributed by atoms with Crippen LogP contribution in [0.3, 0.4) is 0 Å². The first-order valence-corrected chi connectivity index (χ1v) is 6.75. The van der Waals surface area contributed by atoms with E-state index in [4.69, 9.17) is 5.11 Å². The highest BCUT2D eigenvalue weighted by Crippen LogP contribution is 2.24. The third-order valence-corrected chi connectivity index (χ3v) is 3.92. The number of benzene rings is 1. The van der Waals surface area contributed by atoms with Gasteiger partial charge < -0.3 is 5.11 Å². The van der Waals surface area contributed by atoms with Gasteiger partial charge in [0.2, 0.25) is 0 Å².